The number of aliphatic carboxylic acids is 1. The van der Waals surface area contributed by atoms with Crippen LogP contribution in [0.3, 0.4) is 0 Å². The topological polar surface area (TPSA) is 81.0 Å². The number of carbonyl (C=O) groups is 2. The highest BCUT2D eigenvalue weighted by Crippen LogP contribution is 2.44. The molecule has 2 heterocycles. The molecule has 1 N–H and O–H groups in total. The van der Waals surface area contributed by atoms with Gasteiger partial charge in [0.25, 0.3) is 0 Å². The first-order chi connectivity index (χ1) is 21.9. The first-order valence-electron chi connectivity index (χ1n) is 16.0. The van der Waals surface area contributed by atoms with Crippen molar-refractivity contribution in [1.82, 2.24) is 4.57 Å². The van der Waals surface area contributed by atoms with Crippen molar-refractivity contribution in [3.63, 3.8) is 0 Å². The fourth-order valence-corrected chi connectivity index (χ4v) is 7.15. The molecular weight excluding hydrogens is 632 g/mol. The highest BCUT2D eigenvalue weighted by atomic mass is 35.5. The standard InChI is InChI=1S/C38H45ClN2O5S/c1-36(2,3)46-35(44)41-27(19-25-11-9-10-12-30(25)41)23-45-28-17-18-31-29(20-28)33(47-37(4,5)6)32(21-38(7,8)34(42)43)40(31)22-24-13-15-26(39)16-14-24/h9-18,20,27H,19,21-23H2,1-8H3,(H,42,43)/t27-/m0/s1. The molecule has 0 aliphatic carbocycles. The lowest BCUT2D eigenvalue weighted by atomic mass is 9.88. The number of carboxylic acid groups (broad SMARTS) is 1. The number of para-hydroxylation sites is 1. The van der Waals surface area contributed by atoms with Crippen LogP contribution in [0.1, 0.15) is 72.2 Å². The first-order valence-corrected chi connectivity index (χ1v) is 17.2. The van der Waals surface area contributed by atoms with Crippen LogP contribution in [0.15, 0.2) is 71.6 Å². The average molecular weight is 677 g/mol. The molecule has 0 bridgehead atoms. The number of carboxylic acids is 1. The second kappa shape index (κ2) is 13.1. The van der Waals surface area contributed by atoms with E-state index in [1.807, 2.05) is 75.4 Å². The van der Waals surface area contributed by atoms with Crippen molar-refractivity contribution >= 4 is 52.0 Å². The molecule has 3 aromatic carbocycles. The molecule has 5 rings (SSSR count). The van der Waals surface area contributed by atoms with Gasteiger partial charge in [0.2, 0.25) is 0 Å². The van der Waals surface area contributed by atoms with Gasteiger partial charge in [-0.3, -0.25) is 9.69 Å². The number of thioether (sulfide) groups is 1. The molecule has 0 saturated heterocycles. The van der Waals surface area contributed by atoms with Gasteiger partial charge in [-0.1, -0.05) is 62.7 Å². The molecule has 7 nitrogen and oxygen atoms in total. The minimum atomic E-state index is -0.985. The molecule has 47 heavy (non-hydrogen) atoms. The summed E-state index contributed by atoms with van der Waals surface area (Å²) in [7, 11) is 0. The predicted octanol–water partition coefficient (Wildman–Crippen LogP) is 9.63. The summed E-state index contributed by atoms with van der Waals surface area (Å²) in [5.74, 6) is -0.162. The SMILES string of the molecule is CC(C)(C)OC(=O)N1c2ccccc2C[C@H]1COc1ccc2c(c1)c(SC(C)(C)C)c(CC(C)(C)C(=O)O)n2Cc1ccc(Cl)cc1. The van der Waals surface area contributed by atoms with Crippen molar-refractivity contribution in [1.29, 1.82) is 0 Å². The molecule has 1 amide bonds. The number of amides is 1. The van der Waals surface area contributed by atoms with Gasteiger partial charge >= 0.3 is 12.1 Å². The maximum Gasteiger partial charge on any atom is 0.415 e. The molecule has 0 saturated carbocycles. The summed E-state index contributed by atoms with van der Waals surface area (Å²) in [5, 5.41) is 11.8. The second-order valence-corrected chi connectivity index (χ2v) is 17.2. The van der Waals surface area contributed by atoms with E-state index in [0.29, 0.717) is 30.2 Å². The van der Waals surface area contributed by atoms with E-state index in [-0.39, 0.29) is 23.5 Å². The molecule has 1 aliphatic heterocycles. The smallest absolute Gasteiger partial charge is 0.415 e. The van der Waals surface area contributed by atoms with Crippen LogP contribution in [0.2, 0.25) is 5.02 Å². The van der Waals surface area contributed by atoms with Gasteiger partial charge in [-0.2, -0.15) is 0 Å². The van der Waals surface area contributed by atoms with Crippen LogP contribution in [0.5, 0.6) is 5.75 Å². The predicted molar refractivity (Wildman–Crippen MR) is 191 cm³/mol. The van der Waals surface area contributed by atoms with Crippen LogP contribution >= 0.6 is 23.4 Å². The second-order valence-electron chi connectivity index (χ2n) is 14.9. The quantitative estimate of drug-likeness (QED) is 0.178. The van der Waals surface area contributed by atoms with Crippen molar-refractivity contribution in [2.24, 2.45) is 5.41 Å². The van der Waals surface area contributed by atoms with Crippen molar-refractivity contribution in [3.8, 4) is 5.75 Å². The minimum absolute atomic E-state index is 0.137. The van der Waals surface area contributed by atoms with E-state index in [0.717, 1.165) is 38.3 Å². The number of anilines is 1. The van der Waals surface area contributed by atoms with Crippen LogP contribution in [0, 0.1) is 5.41 Å². The maximum absolute atomic E-state index is 13.4. The molecule has 250 valence electrons. The summed E-state index contributed by atoms with van der Waals surface area (Å²) >= 11 is 7.93. The molecule has 0 unspecified atom stereocenters. The Balaban J connectivity index is 1.54. The van der Waals surface area contributed by atoms with E-state index >= 15 is 0 Å². The van der Waals surface area contributed by atoms with Gasteiger partial charge in [-0.25, -0.2) is 4.79 Å². The van der Waals surface area contributed by atoms with Gasteiger partial charge in [0, 0.05) is 44.2 Å². The third-order valence-electron chi connectivity index (χ3n) is 8.05. The number of nitrogens with zero attached hydrogens (tertiary/aromatic N) is 2. The summed E-state index contributed by atoms with van der Waals surface area (Å²) in [4.78, 5) is 28.5. The molecule has 0 radical (unpaired) electrons. The van der Waals surface area contributed by atoms with E-state index < -0.39 is 17.0 Å². The van der Waals surface area contributed by atoms with E-state index in [9.17, 15) is 14.7 Å². The van der Waals surface area contributed by atoms with E-state index in [1.165, 1.54) is 0 Å². The summed E-state index contributed by atoms with van der Waals surface area (Å²) in [6.07, 6.45) is 0.624. The minimum Gasteiger partial charge on any atom is -0.491 e. The fourth-order valence-electron chi connectivity index (χ4n) is 5.83. The summed E-state index contributed by atoms with van der Waals surface area (Å²) in [6, 6.07) is 21.5. The third-order valence-corrected chi connectivity index (χ3v) is 9.57. The zero-order valence-corrected chi connectivity index (χ0v) is 30.1. The Bertz CT molecular complexity index is 1780. The Morgan fingerprint density at radius 2 is 1.64 bits per heavy atom. The highest BCUT2D eigenvalue weighted by molar-refractivity contribution is 8.00. The van der Waals surface area contributed by atoms with Crippen LogP contribution in [0.25, 0.3) is 10.9 Å². The Hall–Kier alpha value is -3.62. The third kappa shape index (κ3) is 8.10. The van der Waals surface area contributed by atoms with Gasteiger partial charge in [-0.05, 0) is 88.6 Å². The van der Waals surface area contributed by atoms with Crippen molar-refractivity contribution < 1.29 is 24.2 Å². The number of benzene rings is 3. The molecule has 1 aromatic heterocycles. The molecule has 4 aromatic rings. The van der Waals surface area contributed by atoms with E-state index in [2.05, 4.69) is 37.5 Å². The first kappa shape index (κ1) is 34.7. The lowest BCUT2D eigenvalue weighted by Crippen LogP contribution is -2.44. The molecule has 9 heteroatoms. The lowest BCUT2D eigenvalue weighted by molar-refractivity contribution is -0.146. The number of fused-ring (bicyclic) bond motifs is 2. The monoisotopic (exact) mass is 676 g/mol. The van der Waals surface area contributed by atoms with Crippen molar-refractivity contribution in [2.45, 2.75) is 96.1 Å². The van der Waals surface area contributed by atoms with Gasteiger partial charge in [0.05, 0.1) is 17.1 Å². The number of hydrogen-bond donors (Lipinski definition) is 1. The molecule has 0 fully saturated rings. The zero-order chi connectivity index (χ0) is 34.3. The molecular formula is C38H45ClN2O5S. The van der Waals surface area contributed by atoms with Crippen molar-refractivity contribution in [3.05, 3.63) is 88.6 Å². The number of aromatic nitrogens is 1. The molecule has 1 aliphatic rings. The average Bonchev–Trinajstić information content (AvgIpc) is 3.46. The Morgan fingerprint density at radius 1 is 0.957 bits per heavy atom. The fraction of sp³-hybridized carbons (Fsp3) is 0.421. The summed E-state index contributed by atoms with van der Waals surface area (Å²) in [5.41, 5.74) is 3.35. The van der Waals surface area contributed by atoms with Gasteiger partial charge < -0.3 is 19.1 Å². The largest absolute Gasteiger partial charge is 0.491 e. The van der Waals surface area contributed by atoms with Crippen LogP contribution < -0.4 is 9.64 Å². The van der Waals surface area contributed by atoms with Crippen LogP contribution in [0.4, 0.5) is 10.5 Å². The molecule has 0 spiro atoms. The van der Waals surface area contributed by atoms with E-state index in [4.69, 9.17) is 21.1 Å². The summed E-state index contributed by atoms with van der Waals surface area (Å²) in [6.45, 7) is 16.5. The lowest BCUT2D eigenvalue weighted by Gasteiger charge is -2.29. The van der Waals surface area contributed by atoms with E-state index in [1.54, 1.807) is 30.5 Å². The Labute approximate surface area is 287 Å². The van der Waals surface area contributed by atoms with Gasteiger partial charge in [-0.15, -0.1) is 11.8 Å². The Morgan fingerprint density at radius 3 is 2.28 bits per heavy atom. The maximum atomic E-state index is 13.4. The number of halogens is 1. The number of carbonyl (C=O) groups excluding carboxylic acids is 1. The van der Waals surface area contributed by atoms with Gasteiger partial charge in [0.1, 0.15) is 18.0 Å². The van der Waals surface area contributed by atoms with Crippen LogP contribution in [-0.4, -0.2) is 44.7 Å². The van der Waals surface area contributed by atoms with Crippen molar-refractivity contribution in [2.75, 3.05) is 11.5 Å². The number of rotatable bonds is 9. The van der Waals surface area contributed by atoms with Gasteiger partial charge in [0.15, 0.2) is 0 Å². The highest BCUT2D eigenvalue weighted by Gasteiger charge is 2.37. The van der Waals surface area contributed by atoms with Crippen LogP contribution in [-0.2, 0) is 28.9 Å². The Kier molecular flexibility index (Phi) is 9.69. The number of ether oxygens (including phenoxy) is 2. The number of hydrogen-bond acceptors (Lipinski definition) is 5. The summed E-state index contributed by atoms with van der Waals surface area (Å²) < 4.78 is 14.4. The zero-order valence-electron chi connectivity index (χ0n) is 28.5. The normalized spacial score (nSPS) is 15.2. The molecule has 1 atom stereocenters.